The molecule has 0 spiro atoms. The van der Waals surface area contributed by atoms with Gasteiger partial charge in [0, 0.05) is 31.5 Å². The fourth-order valence-electron chi connectivity index (χ4n) is 3.93. The molecule has 0 radical (unpaired) electrons. The molecule has 1 amide bonds. The molecule has 3 atom stereocenters. The molecule has 0 bridgehead atoms. The SMILES string of the molecule is O=C(NCc1ccc2c(c1)CCO2)[C@H]1CC[C@H]2OCCN[C@@H]2C1. The monoisotopic (exact) mass is 316 g/mol. The van der Waals surface area contributed by atoms with Crippen LogP contribution in [0.5, 0.6) is 5.75 Å². The summed E-state index contributed by atoms with van der Waals surface area (Å²) in [5.74, 6) is 1.26. The highest BCUT2D eigenvalue weighted by atomic mass is 16.5. The Morgan fingerprint density at radius 1 is 1.30 bits per heavy atom. The third kappa shape index (κ3) is 3.21. The van der Waals surface area contributed by atoms with Crippen LogP contribution in [0.4, 0.5) is 0 Å². The van der Waals surface area contributed by atoms with Gasteiger partial charge in [0.05, 0.1) is 19.3 Å². The average molecular weight is 316 g/mol. The minimum absolute atomic E-state index is 0.100. The first kappa shape index (κ1) is 15.0. The number of carbonyl (C=O) groups excluding carboxylic acids is 1. The van der Waals surface area contributed by atoms with Gasteiger partial charge in [0.15, 0.2) is 0 Å². The zero-order valence-electron chi connectivity index (χ0n) is 13.3. The van der Waals surface area contributed by atoms with Gasteiger partial charge in [-0.3, -0.25) is 4.79 Å². The molecule has 1 saturated heterocycles. The van der Waals surface area contributed by atoms with Crippen molar-refractivity contribution >= 4 is 5.91 Å². The van der Waals surface area contributed by atoms with Crippen molar-refractivity contribution in [3.63, 3.8) is 0 Å². The van der Waals surface area contributed by atoms with Gasteiger partial charge in [-0.15, -0.1) is 0 Å². The van der Waals surface area contributed by atoms with Crippen molar-refractivity contribution in [2.75, 3.05) is 19.8 Å². The molecule has 2 heterocycles. The molecule has 1 aromatic rings. The Hall–Kier alpha value is -1.59. The number of rotatable bonds is 3. The Balaban J connectivity index is 1.31. The third-order valence-corrected chi connectivity index (χ3v) is 5.22. The Bertz CT molecular complexity index is 590. The van der Waals surface area contributed by atoms with Crippen LogP contribution in [0.3, 0.4) is 0 Å². The van der Waals surface area contributed by atoms with Crippen molar-refractivity contribution in [2.24, 2.45) is 5.92 Å². The van der Waals surface area contributed by atoms with E-state index in [1.165, 1.54) is 5.56 Å². The highest BCUT2D eigenvalue weighted by molar-refractivity contribution is 5.78. The fourth-order valence-corrected chi connectivity index (χ4v) is 3.93. The summed E-state index contributed by atoms with van der Waals surface area (Å²) in [6, 6.07) is 6.54. The summed E-state index contributed by atoms with van der Waals surface area (Å²) in [6.07, 6.45) is 4.05. The zero-order valence-corrected chi connectivity index (χ0v) is 13.3. The molecule has 1 aliphatic carbocycles. The van der Waals surface area contributed by atoms with Gasteiger partial charge >= 0.3 is 0 Å². The lowest BCUT2D eigenvalue weighted by Crippen LogP contribution is -2.53. The molecule has 0 aromatic heterocycles. The maximum Gasteiger partial charge on any atom is 0.223 e. The van der Waals surface area contributed by atoms with E-state index in [0.717, 1.165) is 56.8 Å². The van der Waals surface area contributed by atoms with Gasteiger partial charge in [-0.05, 0) is 36.5 Å². The van der Waals surface area contributed by atoms with Crippen LogP contribution >= 0.6 is 0 Å². The van der Waals surface area contributed by atoms with Crippen LogP contribution < -0.4 is 15.4 Å². The molecule has 23 heavy (non-hydrogen) atoms. The number of nitrogens with one attached hydrogen (secondary N) is 2. The van der Waals surface area contributed by atoms with Gasteiger partial charge < -0.3 is 20.1 Å². The second kappa shape index (κ2) is 6.49. The van der Waals surface area contributed by atoms with Gasteiger partial charge in [-0.25, -0.2) is 0 Å². The van der Waals surface area contributed by atoms with Crippen LogP contribution in [0.25, 0.3) is 0 Å². The Labute approximate surface area is 136 Å². The van der Waals surface area contributed by atoms with E-state index < -0.39 is 0 Å². The third-order valence-electron chi connectivity index (χ3n) is 5.22. The molecule has 124 valence electrons. The minimum Gasteiger partial charge on any atom is -0.493 e. The molecule has 1 saturated carbocycles. The number of hydrogen-bond acceptors (Lipinski definition) is 4. The highest BCUT2D eigenvalue weighted by Gasteiger charge is 2.35. The summed E-state index contributed by atoms with van der Waals surface area (Å²) in [5.41, 5.74) is 2.40. The molecule has 5 heteroatoms. The van der Waals surface area contributed by atoms with Crippen LogP contribution in [0.1, 0.15) is 30.4 Å². The van der Waals surface area contributed by atoms with Gasteiger partial charge in [0.2, 0.25) is 5.91 Å². The van der Waals surface area contributed by atoms with Crippen LogP contribution in [-0.4, -0.2) is 37.8 Å². The number of amides is 1. The van der Waals surface area contributed by atoms with Gasteiger partial charge in [0.25, 0.3) is 0 Å². The molecule has 1 aromatic carbocycles. The molecule has 3 aliphatic rings. The predicted molar refractivity (Wildman–Crippen MR) is 86.4 cm³/mol. The quantitative estimate of drug-likeness (QED) is 0.885. The van der Waals surface area contributed by atoms with E-state index in [1.54, 1.807) is 0 Å². The number of morpholine rings is 1. The van der Waals surface area contributed by atoms with Gasteiger partial charge in [-0.2, -0.15) is 0 Å². The van der Waals surface area contributed by atoms with Crippen molar-refractivity contribution < 1.29 is 14.3 Å². The highest BCUT2D eigenvalue weighted by Crippen LogP contribution is 2.29. The van der Waals surface area contributed by atoms with Crippen molar-refractivity contribution in [3.8, 4) is 5.75 Å². The van der Waals surface area contributed by atoms with Gasteiger partial charge in [-0.1, -0.05) is 12.1 Å². The summed E-state index contributed by atoms with van der Waals surface area (Å²) in [5, 5.41) is 6.60. The van der Waals surface area contributed by atoms with Crippen LogP contribution in [0, 0.1) is 5.92 Å². The predicted octanol–water partition coefficient (Wildman–Crippen LogP) is 1.39. The lowest BCUT2D eigenvalue weighted by molar-refractivity contribution is -0.128. The van der Waals surface area contributed by atoms with Crippen molar-refractivity contribution in [1.29, 1.82) is 0 Å². The first-order valence-corrected chi connectivity index (χ1v) is 8.67. The Kier molecular flexibility index (Phi) is 4.23. The molecule has 2 fully saturated rings. The maximum absolute atomic E-state index is 12.5. The molecule has 2 aliphatic heterocycles. The normalized spacial score (nSPS) is 29.3. The summed E-state index contributed by atoms with van der Waals surface area (Å²) < 4.78 is 11.3. The number of ether oxygens (including phenoxy) is 2. The number of benzene rings is 1. The van der Waals surface area contributed by atoms with E-state index in [2.05, 4.69) is 16.7 Å². The van der Waals surface area contributed by atoms with E-state index in [0.29, 0.717) is 18.7 Å². The van der Waals surface area contributed by atoms with E-state index in [9.17, 15) is 4.79 Å². The molecular weight excluding hydrogens is 292 g/mol. The molecular formula is C18H24N2O3. The second-order valence-corrected chi connectivity index (χ2v) is 6.74. The smallest absolute Gasteiger partial charge is 0.223 e. The van der Waals surface area contributed by atoms with Crippen molar-refractivity contribution in [2.45, 2.75) is 44.4 Å². The van der Waals surface area contributed by atoms with E-state index in [-0.39, 0.29) is 11.8 Å². The largest absolute Gasteiger partial charge is 0.493 e. The number of carbonyl (C=O) groups is 1. The summed E-state index contributed by atoms with van der Waals surface area (Å²) in [4.78, 5) is 12.5. The van der Waals surface area contributed by atoms with E-state index in [4.69, 9.17) is 9.47 Å². The molecule has 5 nitrogen and oxygen atoms in total. The summed E-state index contributed by atoms with van der Waals surface area (Å²) in [6.45, 7) is 3.05. The lowest BCUT2D eigenvalue weighted by Gasteiger charge is -2.39. The van der Waals surface area contributed by atoms with E-state index in [1.807, 2.05) is 12.1 Å². The topological polar surface area (TPSA) is 59.6 Å². The maximum atomic E-state index is 12.5. The van der Waals surface area contributed by atoms with E-state index >= 15 is 0 Å². The standard InChI is InChI=1S/C18H24N2O3/c21-18(14-2-4-17-15(10-14)19-6-8-23-17)20-11-12-1-3-16-13(9-12)5-7-22-16/h1,3,9,14-15,17,19H,2,4-8,10-11H2,(H,20,21)/t14-,15+,17+/m0/s1. The fraction of sp³-hybridized carbons (Fsp3) is 0.611. The number of hydrogen-bond donors (Lipinski definition) is 2. The molecule has 4 rings (SSSR count). The Morgan fingerprint density at radius 2 is 2.26 bits per heavy atom. The van der Waals surface area contributed by atoms with Gasteiger partial charge in [0.1, 0.15) is 5.75 Å². The van der Waals surface area contributed by atoms with Crippen molar-refractivity contribution in [1.82, 2.24) is 10.6 Å². The van der Waals surface area contributed by atoms with Crippen molar-refractivity contribution in [3.05, 3.63) is 29.3 Å². The van der Waals surface area contributed by atoms with Crippen LogP contribution in [0.15, 0.2) is 18.2 Å². The molecule has 0 unspecified atom stereocenters. The molecule has 2 N–H and O–H groups in total. The Morgan fingerprint density at radius 3 is 3.22 bits per heavy atom. The average Bonchev–Trinajstić information content (AvgIpc) is 3.07. The zero-order chi connectivity index (χ0) is 15.6. The summed E-state index contributed by atoms with van der Waals surface area (Å²) >= 11 is 0. The lowest BCUT2D eigenvalue weighted by atomic mass is 9.82. The minimum atomic E-state index is 0.100. The first-order chi connectivity index (χ1) is 11.3. The number of fused-ring (bicyclic) bond motifs is 2. The first-order valence-electron chi connectivity index (χ1n) is 8.67. The second-order valence-electron chi connectivity index (χ2n) is 6.74. The van der Waals surface area contributed by atoms with Crippen LogP contribution in [0.2, 0.25) is 0 Å². The summed E-state index contributed by atoms with van der Waals surface area (Å²) in [7, 11) is 0. The van der Waals surface area contributed by atoms with Crippen LogP contribution in [-0.2, 0) is 22.5 Å².